The first-order valence-corrected chi connectivity index (χ1v) is 13.0. The van der Waals surface area contributed by atoms with E-state index in [9.17, 15) is 36.6 Å². The van der Waals surface area contributed by atoms with Gasteiger partial charge in [-0.1, -0.05) is 6.92 Å². The van der Waals surface area contributed by atoms with Crippen molar-refractivity contribution in [2.75, 3.05) is 11.9 Å². The van der Waals surface area contributed by atoms with Gasteiger partial charge in [-0.15, -0.1) is 11.3 Å². The molecule has 2 amide bonds. The first-order chi connectivity index (χ1) is 17.7. The number of carbonyl (C=O) groups excluding carboxylic acids is 2. The van der Waals surface area contributed by atoms with Crippen molar-refractivity contribution in [3.05, 3.63) is 28.5 Å². The molecule has 0 unspecified atom stereocenters. The first-order valence-electron chi connectivity index (χ1n) is 12.2. The number of hydrogen-bond acceptors (Lipinski definition) is 7. The van der Waals surface area contributed by atoms with Crippen molar-refractivity contribution in [3.8, 4) is 10.4 Å². The third-order valence-corrected chi connectivity index (χ3v) is 7.55. The van der Waals surface area contributed by atoms with Crippen LogP contribution in [-0.2, 0) is 0 Å². The lowest BCUT2D eigenvalue weighted by atomic mass is 10.1. The monoisotopic (exact) mass is 563 g/mol. The molecule has 38 heavy (non-hydrogen) atoms. The molecule has 2 aromatic rings. The molecule has 0 saturated carbocycles. The number of carbonyl (C=O) groups is 2. The van der Waals surface area contributed by atoms with Gasteiger partial charge in [0.15, 0.2) is 5.01 Å². The van der Waals surface area contributed by atoms with E-state index in [1.165, 1.54) is 13.8 Å². The second-order valence-corrected chi connectivity index (χ2v) is 10.3. The van der Waals surface area contributed by atoms with Crippen molar-refractivity contribution < 1.29 is 36.6 Å². The maximum Gasteiger partial charge on any atom is 0.408 e. The van der Waals surface area contributed by atoms with Gasteiger partial charge < -0.3 is 20.6 Å². The molecule has 0 bridgehead atoms. The van der Waals surface area contributed by atoms with Gasteiger partial charge >= 0.3 is 6.18 Å². The number of nitrogens with one attached hydrogen (secondary N) is 2. The standard InChI is InChI=1S/C24H30F5N5O3S/c1-5-16(24(27,28)29)32-17-9-14(20(25)26)15(10-30-17)19-18(23(37)34-8-6-7-11(34)2)33-22(38-19)21(36)31-12(3)13(4)35/h9-13,16,20,35H,5-8H2,1-4H3,(H,30,32)(H,31,36)/t11-,12+,13+,16-/m0/s1. The van der Waals surface area contributed by atoms with Crippen molar-refractivity contribution >= 4 is 29.0 Å². The summed E-state index contributed by atoms with van der Waals surface area (Å²) in [6.07, 6.45) is -6.52. The summed E-state index contributed by atoms with van der Waals surface area (Å²) in [5.41, 5.74) is -1.08. The van der Waals surface area contributed by atoms with Crippen LogP contribution in [0.25, 0.3) is 10.4 Å². The summed E-state index contributed by atoms with van der Waals surface area (Å²) in [4.78, 5) is 35.8. The number of aromatic nitrogens is 2. The third-order valence-electron chi connectivity index (χ3n) is 6.46. The zero-order chi connectivity index (χ0) is 28.4. The van der Waals surface area contributed by atoms with Crippen LogP contribution in [0.1, 0.15) is 79.2 Å². The molecule has 3 N–H and O–H groups in total. The molecule has 1 saturated heterocycles. The first kappa shape index (κ1) is 29.7. The van der Waals surface area contributed by atoms with E-state index in [0.717, 1.165) is 25.1 Å². The number of aliphatic hydroxyl groups excluding tert-OH is 1. The van der Waals surface area contributed by atoms with Crippen LogP contribution in [0.5, 0.6) is 0 Å². The smallest absolute Gasteiger partial charge is 0.391 e. The molecule has 1 aliphatic rings. The Bertz CT molecular complexity index is 1160. The molecule has 0 spiro atoms. The van der Waals surface area contributed by atoms with E-state index in [1.807, 2.05) is 6.92 Å². The van der Waals surface area contributed by atoms with Gasteiger partial charge in [0.1, 0.15) is 17.6 Å². The van der Waals surface area contributed by atoms with Crippen molar-refractivity contribution in [1.29, 1.82) is 0 Å². The highest BCUT2D eigenvalue weighted by atomic mass is 32.1. The Hall–Kier alpha value is -2.87. The molecule has 0 aliphatic carbocycles. The van der Waals surface area contributed by atoms with Crippen LogP contribution in [0.2, 0.25) is 0 Å². The number of alkyl halides is 5. The molecule has 210 valence electrons. The number of likely N-dealkylation sites (tertiary alicyclic amines) is 1. The highest BCUT2D eigenvalue weighted by molar-refractivity contribution is 7.17. The summed E-state index contributed by atoms with van der Waals surface area (Å²) in [5, 5.41) is 14.2. The fourth-order valence-electron chi connectivity index (χ4n) is 4.02. The topological polar surface area (TPSA) is 107 Å². The molecule has 3 heterocycles. The second-order valence-electron chi connectivity index (χ2n) is 9.29. The van der Waals surface area contributed by atoms with E-state index in [1.54, 1.807) is 11.8 Å². The lowest BCUT2D eigenvalue weighted by Crippen LogP contribution is -2.39. The van der Waals surface area contributed by atoms with Crippen molar-refractivity contribution in [3.63, 3.8) is 0 Å². The van der Waals surface area contributed by atoms with Gasteiger partial charge in [0, 0.05) is 29.9 Å². The van der Waals surface area contributed by atoms with Gasteiger partial charge in [-0.05, 0) is 46.1 Å². The normalized spacial score (nSPS) is 18.4. The Labute approximate surface area is 220 Å². The lowest BCUT2D eigenvalue weighted by molar-refractivity contribution is -0.142. The average molecular weight is 564 g/mol. The van der Waals surface area contributed by atoms with Crippen LogP contribution in [0.4, 0.5) is 27.8 Å². The molecule has 8 nitrogen and oxygen atoms in total. The number of rotatable bonds is 9. The van der Waals surface area contributed by atoms with Gasteiger partial charge in [-0.3, -0.25) is 9.59 Å². The van der Waals surface area contributed by atoms with Gasteiger partial charge in [0.05, 0.1) is 17.0 Å². The Kier molecular flexibility index (Phi) is 9.29. The molecular formula is C24H30F5N5O3S. The van der Waals surface area contributed by atoms with E-state index < -0.39 is 54.0 Å². The fraction of sp³-hybridized carbons (Fsp3) is 0.583. The van der Waals surface area contributed by atoms with Crippen LogP contribution in [0.15, 0.2) is 12.3 Å². The molecule has 14 heteroatoms. The Morgan fingerprint density at radius 2 is 1.97 bits per heavy atom. The predicted molar refractivity (Wildman–Crippen MR) is 132 cm³/mol. The minimum Gasteiger partial charge on any atom is -0.391 e. The molecule has 1 aliphatic heterocycles. The number of halogens is 5. The Morgan fingerprint density at radius 3 is 2.50 bits per heavy atom. The highest BCUT2D eigenvalue weighted by Crippen LogP contribution is 2.39. The maximum atomic E-state index is 14.2. The van der Waals surface area contributed by atoms with E-state index in [4.69, 9.17) is 0 Å². The average Bonchev–Trinajstić information content (AvgIpc) is 3.47. The molecule has 3 rings (SSSR count). The lowest BCUT2D eigenvalue weighted by Gasteiger charge is -2.22. The van der Waals surface area contributed by atoms with Crippen LogP contribution in [-0.4, -0.2) is 68.7 Å². The number of aliphatic hydroxyl groups is 1. The maximum absolute atomic E-state index is 14.2. The van der Waals surface area contributed by atoms with Gasteiger partial charge in [-0.25, -0.2) is 18.7 Å². The summed E-state index contributed by atoms with van der Waals surface area (Å²) < 4.78 is 68.0. The van der Waals surface area contributed by atoms with Crippen LogP contribution >= 0.6 is 11.3 Å². The van der Waals surface area contributed by atoms with Crippen LogP contribution in [0.3, 0.4) is 0 Å². The van der Waals surface area contributed by atoms with Crippen molar-refractivity contribution in [2.24, 2.45) is 0 Å². The van der Waals surface area contributed by atoms with Crippen molar-refractivity contribution in [2.45, 2.75) is 83.8 Å². The second kappa shape index (κ2) is 11.9. The number of pyridine rings is 1. The molecule has 2 aromatic heterocycles. The Morgan fingerprint density at radius 1 is 1.29 bits per heavy atom. The minimum absolute atomic E-state index is 0.0406. The number of anilines is 1. The van der Waals surface area contributed by atoms with Crippen LogP contribution in [0, 0.1) is 0 Å². The quantitative estimate of drug-likeness (QED) is 0.370. The van der Waals surface area contributed by atoms with Gasteiger partial charge in [0.2, 0.25) is 0 Å². The zero-order valence-corrected chi connectivity index (χ0v) is 22.1. The number of thiazole rings is 1. The number of nitrogens with zero attached hydrogens (tertiary/aromatic N) is 3. The molecular weight excluding hydrogens is 533 g/mol. The van der Waals surface area contributed by atoms with Gasteiger partial charge in [-0.2, -0.15) is 13.2 Å². The molecule has 0 radical (unpaired) electrons. The van der Waals surface area contributed by atoms with Crippen molar-refractivity contribution in [1.82, 2.24) is 20.2 Å². The summed E-state index contributed by atoms with van der Waals surface area (Å²) in [6, 6.07) is -1.96. The van der Waals surface area contributed by atoms with E-state index >= 15 is 0 Å². The predicted octanol–water partition coefficient (Wildman–Crippen LogP) is 5.02. The largest absolute Gasteiger partial charge is 0.408 e. The molecule has 1 fully saturated rings. The van der Waals surface area contributed by atoms with E-state index in [-0.39, 0.29) is 33.6 Å². The molecule has 4 atom stereocenters. The van der Waals surface area contributed by atoms with E-state index in [2.05, 4.69) is 20.6 Å². The number of amides is 2. The van der Waals surface area contributed by atoms with E-state index in [0.29, 0.717) is 17.9 Å². The SMILES string of the molecule is CC[C@H](Nc1cc(C(F)F)c(-c2sc(C(=O)N[C@H](C)[C@@H](C)O)nc2C(=O)N2CCC[C@@H]2C)cn1)C(F)(F)F. The summed E-state index contributed by atoms with van der Waals surface area (Å²) in [7, 11) is 0. The fourth-order valence-corrected chi connectivity index (χ4v) is 5.01. The molecule has 0 aromatic carbocycles. The Balaban J connectivity index is 2.09. The summed E-state index contributed by atoms with van der Waals surface area (Å²) >= 11 is 0.697. The summed E-state index contributed by atoms with van der Waals surface area (Å²) in [5.74, 6) is -1.66. The summed E-state index contributed by atoms with van der Waals surface area (Å²) in [6.45, 7) is 6.60. The van der Waals surface area contributed by atoms with Crippen LogP contribution < -0.4 is 10.6 Å². The number of hydrogen-bond donors (Lipinski definition) is 3. The third kappa shape index (κ3) is 6.57. The zero-order valence-electron chi connectivity index (χ0n) is 21.3. The highest BCUT2D eigenvalue weighted by Gasteiger charge is 2.39. The minimum atomic E-state index is -4.62. The van der Waals surface area contributed by atoms with Gasteiger partial charge in [0.25, 0.3) is 18.2 Å².